The molecule has 3 rings (SSSR count). The molecule has 1 aromatic rings. The fraction of sp³-hybridized carbons (Fsp3) is 0.600. The molecule has 2 aliphatic heterocycles. The molecule has 2 fully saturated rings. The summed E-state index contributed by atoms with van der Waals surface area (Å²) in [5.41, 5.74) is 2.99. The van der Waals surface area contributed by atoms with Gasteiger partial charge in [-0.1, -0.05) is 24.3 Å². The third-order valence-corrected chi connectivity index (χ3v) is 4.26. The predicted octanol–water partition coefficient (Wildman–Crippen LogP) is 2.53. The SMILES string of the molecule is CN1CCC(c2ccc(C3CCCN3)cc2)C1. The summed E-state index contributed by atoms with van der Waals surface area (Å²) in [7, 11) is 2.22. The van der Waals surface area contributed by atoms with E-state index in [-0.39, 0.29) is 0 Å². The van der Waals surface area contributed by atoms with Crippen molar-refractivity contribution in [2.75, 3.05) is 26.7 Å². The van der Waals surface area contributed by atoms with E-state index in [2.05, 4.69) is 41.5 Å². The molecule has 2 heterocycles. The third kappa shape index (κ3) is 2.38. The highest BCUT2D eigenvalue weighted by Crippen LogP contribution is 2.28. The van der Waals surface area contributed by atoms with Gasteiger partial charge in [-0.3, -0.25) is 0 Å². The van der Waals surface area contributed by atoms with Crippen molar-refractivity contribution in [3.05, 3.63) is 35.4 Å². The molecule has 1 N–H and O–H groups in total. The Morgan fingerprint density at radius 2 is 1.88 bits per heavy atom. The fourth-order valence-corrected chi connectivity index (χ4v) is 3.18. The number of likely N-dealkylation sites (tertiary alicyclic amines) is 1. The number of nitrogens with one attached hydrogen (secondary N) is 1. The highest BCUT2D eigenvalue weighted by Gasteiger charge is 2.21. The zero-order valence-corrected chi connectivity index (χ0v) is 10.7. The van der Waals surface area contributed by atoms with Gasteiger partial charge in [0.25, 0.3) is 0 Å². The smallest absolute Gasteiger partial charge is 0.0320 e. The Morgan fingerprint density at radius 3 is 2.47 bits per heavy atom. The second-order valence-electron chi connectivity index (χ2n) is 5.56. The molecule has 2 nitrogen and oxygen atoms in total. The van der Waals surface area contributed by atoms with E-state index in [1.54, 1.807) is 0 Å². The van der Waals surface area contributed by atoms with Gasteiger partial charge in [0.05, 0.1) is 0 Å². The third-order valence-electron chi connectivity index (χ3n) is 4.26. The van der Waals surface area contributed by atoms with Crippen LogP contribution in [-0.2, 0) is 0 Å². The number of hydrogen-bond donors (Lipinski definition) is 1. The first-order valence-corrected chi connectivity index (χ1v) is 6.85. The summed E-state index contributed by atoms with van der Waals surface area (Å²) in [4.78, 5) is 2.43. The summed E-state index contributed by atoms with van der Waals surface area (Å²) in [6.45, 7) is 3.65. The van der Waals surface area contributed by atoms with Gasteiger partial charge in [0.15, 0.2) is 0 Å². The van der Waals surface area contributed by atoms with Crippen LogP contribution in [0.2, 0.25) is 0 Å². The van der Waals surface area contributed by atoms with Crippen LogP contribution in [-0.4, -0.2) is 31.6 Å². The Kier molecular flexibility index (Phi) is 3.17. The van der Waals surface area contributed by atoms with Gasteiger partial charge in [-0.2, -0.15) is 0 Å². The van der Waals surface area contributed by atoms with E-state index in [0.717, 1.165) is 5.92 Å². The van der Waals surface area contributed by atoms with Crippen LogP contribution in [0.15, 0.2) is 24.3 Å². The highest BCUT2D eigenvalue weighted by atomic mass is 15.1. The lowest BCUT2D eigenvalue weighted by molar-refractivity contribution is 0.411. The quantitative estimate of drug-likeness (QED) is 0.840. The maximum Gasteiger partial charge on any atom is 0.0320 e. The van der Waals surface area contributed by atoms with Gasteiger partial charge in [0.2, 0.25) is 0 Å². The Labute approximate surface area is 104 Å². The molecule has 1 aromatic carbocycles. The van der Waals surface area contributed by atoms with Gasteiger partial charge in [-0.25, -0.2) is 0 Å². The predicted molar refractivity (Wildman–Crippen MR) is 71.3 cm³/mol. The molecule has 2 aliphatic rings. The average Bonchev–Trinajstić information content (AvgIpc) is 3.00. The normalized spacial score (nSPS) is 29.9. The molecule has 0 spiro atoms. The maximum absolute atomic E-state index is 3.56. The van der Waals surface area contributed by atoms with Crippen LogP contribution >= 0.6 is 0 Å². The lowest BCUT2D eigenvalue weighted by atomic mass is 9.95. The lowest BCUT2D eigenvalue weighted by Crippen LogP contribution is -2.14. The van der Waals surface area contributed by atoms with Gasteiger partial charge in [0.1, 0.15) is 0 Å². The molecule has 0 radical (unpaired) electrons. The van der Waals surface area contributed by atoms with Gasteiger partial charge >= 0.3 is 0 Å². The highest BCUT2D eigenvalue weighted by molar-refractivity contribution is 5.28. The monoisotopic (exact) mass is 230 g/mol. The number of rotatable bonds is 2. The molecule has 0 aliphatic carbocycles. The van der Waals surface area contributed by atoms with Gasteiger partial charge < -0.3 is 10.2 Å². The summed E-state index contributed by atoms with van der Waals surface area (Å²) in [5, 5.41) is 3.56. The Balaban J connectivity index is 1.71. The van der Waals surface area contributed by atoms with Crippen molar-refractivity contribution < 1.29 is 0 Å². The zero-order chi connectivity index (χ0) is 11.7. The van der Waals surface area contributed by atoms with Crippen LogP contribution in [0.4, 0.5) is 0 Å². The van der Waals surface area contributed by atoms with Crippen LogP contribution in [0.25, 0.3) is 0 Å². The van der Waals surface area contributed by atoms with E-state index in [1.807, 2.05) is 0 Å². The van der Waals surface area contributed by atoms with Crippen molar-refractivity contribution in [1.29, 1.82) is 0 Å². The van der Waals surface area contributed by atoms with E-state index < -0.39 is 0 Å². The van der Waals surface area contributed by atoms with Gasteiger partial charge in [0, 0.05) is 12.6 Å². The zero-order valence-electron chi connectivity index (χ0n) is 10.7. The molecule has 2 saturated heterocycles. The summed E-state index contributed by atoms with van der Waals surface area (Å²) in [5.74, 6) is 0.755. The minimum absolute atomic E-state index is 0.607. The van der Waals surface area contributed by atoms with Crippen LogP contribution in [0.5, 0.6) is 0 Å². The van der Waals surface area contributed by atoms with Gasteiger partial charge in [-0.15, -0.1) is 0 Å². The van der Waals surface area contributed by atoms with E-state index in [9.17, 15) is 0 Å². The van der Waals surface area contributed by atoms with E-state index >= 15 is 0 Å². The van der Waals surface area contributed by atoms with E-state index in [1.165, 1.54) is 50.0 Å². The fourth-order valence-electron chi connectivity index (χ4n) is 3.18. The first-order chi connectivity index (χ1) is 8.33. The molecular weight excluding hydrogens is 208 g/mol. The first kappa shape index (κ1) is 11.2. The van der Waals surface area contributed by atoms with Crippen LogP contribution in [0.3, 0.4) is 0 Å². The Hall–Kier alpha value is -0.860. The van der Waals surface area contributed by atoms with Crippen molar-refractivity contribution in [1.82, 2.24) is 10.2 Å². The van der Waals surface area contributed by atoms with Gasteiger partial charge in [-0.05, 0) is 56.4 Å². The van der Waals surface area contributed by atoms with Crippen molar-refractivity contribution in [3.63, 3.8) is 0 Å². The largest absolute Gasteiger partial charge is 0.310 e. The molecule has 0 saturated carbocycles. The van der Waals surface area contributed by atoms with E-state index in [4.69, 9.17) is 0 Å². The van der Waals surface area contributed by atoms with Crippen LogP contribution in [0, 0.1) is 0 Å². The summed E-state index contributed by atoms with van der Waals surface area (Å²) in [6, 6.07) is 9.96. The number of nitrogens with zero attached hydrogens (tertiary/aromatic N) is 1. The number of benzene rings is 1. The average molecular weight is 230 g/mol. The topological polar surface area (TPSA) is 15.3 Å². The molecule has 0 aromatic heterocycles. The summed E-state index contributed by atoms with van der Waals surface area (Å²) in [6.07, 6.45) is 3.93. The van der Waals surface area contributed by atoms with Crippen LogP contribution < -0.4 is 5.32 Å². The summed E-state index contributed by atoms with van der Waals surface area (Å²) < 4.78 is 0. The molecule has 2 atom stereocenters. The molecule has 0 bridgehead atoms. The van der Waals surface area contributed by atoms with Crippen molar-refractivity contribution in [2.24, 2.45) is 0 Å². The van der Waals surface area contributed by atoms with E-state index in [0.29, 0.717) is 6.04 Å². The molecule has 2 unspecified atom stereocenters. The minimum atomic E-state index is 0.607. The number of hydrogen-bond acceptors (Lipinski definition) is 2. The van der Waals surface area contributed by atoms with Crippen molar-refractivity contribution in [3.8, 4) is 0 Å². The van der Waals surface area contributed by atoms with Crippen LogP contribution in [0.1, 0.15) is 42.3 Å². The minimum Gasteiger partial charge on any atom is -0.310 e. The second-order valence-corrected chi connectivity index (χ2v) is 5.56. The molecule has 17 heavy (non-hydrogen) atoms. The Morgan fingerprint density at radius 1 is 1.12 bits per heavy atom. The standard InChI is InChI=1S/C15H22N2/c1-17-10-8-14(11-17)12-4-6-13(7-5-12)15-3-2-9-16-15/h4-7,14-16H,2-3,8-11H2,1H3. The molecule has 2 heteroatoms. The lowest BCUT2D eigenvalue weighted by Gasteiger charge is -2.14. The van der Waals surface area contributed by atoms with Crippen molar-refractivity contribution in [2.45, 2.75) is 31.2 Å². The van der Waals surface area contributed by atoms with Crippen molar-refractivity contribution >= 4 is 0 Å². The molecular formula is C15H22N2. The second kappa shape index (κ2) is 4.79. The molecule has 92 valence electrons. The summed E-state index contributed by atoms with van der Waals surface area (Å²) >= 11 is 0. The Bertz CT molecular complexity index is 365. The number of likely N-dealkylation sites (N-methyl/N-ethyl adjacent to an activating group) is 1. The molecule has 0 amide bonds. The maximum atomic E-state index is 3.56. The first-order valence-electron chi connectivity index (χ1n) is 6.85.